The van der Waals surface area contributed by atoms with Gasteiger partial charge in [0.25, 0.3) is 0 Å². The molecule has 4 fully saturated rings. The predicted molar refractivity (Wildman–Crippen MR) is 287 cm³/mol. The third-order valence-corrected chi connectivity index (χ3v) is 15.7. The van der Waals surface area contributed by atoms with Gasteiger partial charge >= 0.3 is 32.9 Å². The van der Waals surface area contributed by atoms with Crippen molar-refractivity contribution >= 4 is 32.9 Å². The molecule has 84 heavy (non-hydrogen) atoms. The molecule has 0 aliphatic carbocycles. The number of carbonyl (C=O) groups excluding carboxylic acids is 1. The standard InChI is InChI=1S/C54H76N2O26S2/c1-30-40(58)52(81-46-37(29-75-84(68,69)70)78-51(38(55-4)42(46)60)71-24-16-8-15-23-56(25-33-17-9-5-10-18-33)54(64)73-27-35-21-13-7-14-22-35)82-48(49(62)63)44(30)79-50-31(2)39(57)45(36(77-50)28-74-83(65,66)67)80-53-43(61)47(41(59)32(3)76-53)72-26-34-19-11-6-12-20-34/h5-7,9-14,17-22,30-32,36-48,50-53,55,57-61H,8,15-16,23-29H2,1-4H3,(H,62,63)(H,65,66,67)(H,68,69,70)/t30-,31?,32?,36?,37?,38?,39-,40?,41-,42-,43?,44+,45-,46-,47-,48?,50-,51+,52-,53+/m1/s1. The lowest BCUT2D eigenvalue weighted by molar-refractivity contribution is -0.372. The molecule has 3 aromatic carbocycles. The van der Waals surface area contributed by atoms with Crippen LogP contribution in [-0.2, 0) is 101 Å². The quantitative estimate of drug-likeness (QED) is 0.0362. The first kappa shape index (κ1) is 67.1. The Hall–Kier alpha value is -4.46. The number of benzene rings is 3. The van der Waals surface area contributed by atoms with E-state index in [0.29, 0.717) is 37.9 Å². The second kappa shape index (κ2) is 30.9. The highest BCUT2D eigenvalue weighted by atomic mass is 32.3. The number of hydrogen-bond donors (Lipinski definition) is 9. The SMILES string of the molecule is CNC1[C@@H](OCCCCCN(Cc2ccccc2)C(=O)OCc2ccccc2)OC(COS(=O)(=O)O)[C@@H](O[C@@H]2OC(C(=O)O)[C@@H](O[C@H]3OC(COS(=O)(=O)O)[C@@H](O[C@@H]4OC(C)[C@@H](O)[C@@H](OCc5ccccc5)C4O)[C@H](O)C3C)[C@H](C)C2O)[C@@H]1O. The molecule has 8 unspecified atom stereocenters. The molecular formula is C54H76N2O26S2. The number of nitrogens with zero attached hydrogens (tertiary/aromatic N) is 1. The maximum atomic E-state index is 13.3. The van der Waals surface area contributed by atoms with Crippen LogP contribution in [-0.4, -0.2) is 218 Å². The average molecular weight is 1230 g/mol. The Bertz CT molecular complexity index is 2730. The van der Waals surface area contributed by atoms with E-state index in [-0.39, 0.29) is 19.8 Å². The van der Waals surface area contributed by atoms with Crippen LogP contribution in [0.5, 0.6) is 0 Å². The van der Waals surface area contributed by atoms with Crippen LogP contribution in [0, 0.1) is 11.8 Å². The zero-order chi connectivity index (χ0) is 60.9. The number of nitrogens with one attached hydrogen (secondary N) is 1. The molecule has 7 rings (SSSR count). The number of aliphatic hydroxyl groups excluding tert-OH is 5. The van der Waals surface area contributed by atoms with Crippen LogP contribution >= 0.6 is 0 Å². The number of likely N-dealkylation sites (N-methyl/N-ethyl adjacent to an activating group) is 1. The van der Waals surface area contributed by atoms with E-state index in [2.05, 4.69) is 13.7 Å². The van der Waals surface area contributed by atoms with Gasteiger partial charge in [0.05, 0.1) is 38.1 Å². The van der Waals surface area contributed by atoms with E-state index >= 15 is 0 Å². The van der Waals surface area contributed by atoms with E-state index in [9.17, 15) is 66.2 Å². The number of ether oxygens (including phenoxy) is 10. The topological polar surface area (TPSA) is 390 Å². The van der Waals surface area contributed by atoms with Crippen molar-refractivity contribution in [2.24, 2.45) is 11.8 Å². The molecule has 0 spiro atoms. The fraction of sp³-hybridized carbons (Fsp3) is 0.630. The number of amides is 1. The van der Waals surface area contributed by atoms with Crippen LogP contribution in [0.15, 0.2) is 91.0 Å². The van der Waals surface area contributed by atoms with Crippen molar-refractivity contribution in [3.63, 3.8) is 0 Å². The number of unbranched alkanes of at least 4 members (excludes halogenated alkanes) is 2. The molecule has 4 aliphatic heterocycles. The molecule has 0 saturated carbocycles. The molecule has 9 N–H and O–H groups in total. The normalized spacial score (nSPS) is 33.9. The Labute approximate surface area is 486 Å². The molecule has 1 amide bonds. The van der Waals surface area contributed by atoms with E-state index in [0.717, 1.165) is 11.1 Å². The number of aliphatic carboxylic acids is 1. The van der Waals surface area contributed by atoms with Crippen LogP contribution in [0.2, 0.25) is 0 Å². The molecular weight excluding hydrogens is 1160 g/mol. The number of carbonyl (C=O) groups is 2. The van der Waals surface area contributed by atoms with Gasteiger partial charge in [-0.1, -0.05) is 105 Å². The summed E-state index contributed by atoms with van der Waals surface area (Å²) in [6.07, 6.45) is -26.5. The number of rotatable bonds is 28. The molecule has 4 aliphatic rings. The lowest BCUT2D eigenvalue weighted by Crippen LogP contribution is -2.67. The van der Waals surface area contributed by atoms with Crippen molar-refractivity contribution in [3.8, 4) is 0 Å². The fourth-order valence-electron chi connectivity index (χ4n) is 10.2. The lowest BCUT2D eigenvalue weighted by Gasteiger charge is -2.50. The largest absolute Gasteiger partial charge is 0.479 e. The minimum atomic E-state index is -5.17. The van der Waals surface area contributed by atoms with Crippen molar-refractivity contribution < 1.29 is 122 Å². The summed E-state index contributed by atoms with van der Waals surface area (Å²) in [5.41, 5.74) is 2.44. The molecule has 20 atom stereocenters. The highest BCUT2D eigenvalue weighted by molar-refractivity contribution is 7.81. The number of hydrogen-bond acceptors (Lipinski definition) is 24. The highest BCUT2D eigenvalue weighted by Gasteiger charge is 2.56. The Kier molecular flexibility index (Phi) is 24.7. The molecule has 28 nitrogen and oxygen atoms in total. The van der Waals surface area contributed by atoms with Crippen molar-refractivity contribution in [1.29, 1.82) is 0 Å². The molecule has 0 aromatic heterocycles. The highest BCUT2D eigenvalue weighted by Crippen LogP contribution is 2.38. The van der Waals surface area contributed by atoms with Crippen molar-refractivity contribution in [3.05, 3.63) is 108 Å². The molecule has 4 saturated heterocycles. The summed E-state index contributed by atoms with van der Waals surface area (Å²) < 4.78 is 135. The number of aliphatic hydroxyl groups is 5. The van der Waals surface area contributed by atoms with E-state index in [4.69, 9.17) is 47.4 Å². The summed E-state index contributed by atoms with van der Waals surface area (Å²) in [7, 11) is -8.86. The third-order valence-electron chi connectivity index (χ3n) is 14.9. The van der Waals surface area contributed by atoms with Gasteiger partial charge in [-0.15, -0.1) is 0 Å². The Morgan fingerprint density at radius 2 is 1.08 bits per heavy atom. The summed E-state index contributed by atoms with van der Waals surface area (Å²) >= 11 is 0. The first-order chi connectivity index (χ1) is 39.9. The summed E-state index contributed by atoms with van der Waals surface area (Å²) in [6.45, 7) is 2.90. The summed E-state index contributed by atoms with van der Waals surface area (Å²) in [4.78, 5) is 27.9. The first-order valence-corrected chi connectivity index (χ1v) is 30.0. The Morgan fingerprint density at radius 1 is 0.560 bits per heavy atom. The van der Waals surface area contributed by atoms with E-state index in [1.54, 1.807) is 35.2 Å². The minimum Gasteiger partial charge on any atom is -0.479 e. The Balaban J connectivity index is 0.985. The van der Waals surface area contributed by atoms with Gasteiger partial charge in [0.1, 0.15) is 67.6 Å². The van der Waals surface area contributed by atoms with Crippen LogP contribution in [0.25, 0.3) is 0 Å². The maximum absolute atomic E-state index is 13.3. The van der Waals surface area contributed by atoms with Crippen LogP contribution in [0.4, 0.5) is 4.79 Å². The van der Waals surface area contributed by atoms with Gasteiger partial charge in [0.2, 0.25) is 0 Å². The molecule has 470 valence electrons. The van der Waals surface area contributed by atoms with Crippen molar-refractivity contribution in [1.82, 2.24) is 10.2 Å². The minimum absolute atomic E-state index is 0.0316. The van der Waals surface area contributed by atoms with Gasteiger partial charge in [-0.3, -0.25) is 9.11 Å². The molecule has 4 heterocycles. The first-order valence-electron chi connectivity index (χ1n) is 27.3. The number of carboxylic acids is 1. The van der Waals surface area contributed by atoms with Crippen LogP contribution < -0.4 is 5.32 Å². The second-order valence-electron chi connectivity index (χ2n) is 20.9. The summed E-state index contributed by atoms with van der Waals surface area (Å²) in [5.74, 6) is -4.17. The van der Waals surface area contributed by atoms with Gasteiger partial charge in [0.15, 0.2) is 31.3 Å². The molecule has 30 heteroatoms. The smallest absolute Gasteiger partial charge is 0.410 e. The fourth-order valence-corrected chi connectivity index (χ4v) is 10.8. The number of carboxylic acid groups (broad SMARTS) is 1. The predicted octanol–water partition coefficient (Wildman–Crippen LogP) is 1.06. The van der Waals surface area contributed by atoms with Gasteiger partial charge in [-0.25, -0.2) is 18.0 Å². The molecule has 0 radical (unpaired) electrons. The zero-order valence-electron chi connectivity index (χ0n) is 46.5. The van der Waals surface area contributed by atoms with Gasteiger partial charge in [-0.05, 0) is 49.9 Å². The summed E-state index contributed by atoms with van der Waals surface area (Å²) in [5, 5.41) is 71.1. The van der Waals surface area contributed by atoms with Gasteiger partial charge < -0.3 is 88.2 Å². The van der Waals surface area contributed by atoms with E-state index < -0.39 is 168 Å². The van der Waals surface area contributed by atoms with Gasteiger partial charge in [0, 0.05) is 31.5 Å². The van der Waals surface area contributed by atoms with E-state index in [1.165, 1.54) is 27.8 Å². The Morgan fingerprint density at radius 3 is 1.64 bits per heavy atom. The second-order valence-corrected chi connectivity index (χ2v) is 23.1. The molecule has 3 aromatic rings. The third kappa shape index (κ3) is 18.5. The van der Waals surface area contributed by atoms with Crippen LogP contribution in [0.3, 0.4) is 0 Å². The molecule has 0 bridgehead atoms. The summed E-state index contributed by atoms with van der Waals surface area (Å²) in [6, 6.07) is 26.4. The van der Waals surface area contributed by atoms with Crippen LogP contribution in [0.1, 0.15) is 56.7 Å². The zero-order valence-corrected chi connectivity index (χ0v) is 48.1. The lowest BCUT2D eigenvalue weighted by atomic mass is 9.88. The van der Waals surface area contributed by atoms with Crippen molar-refractivity contribution in [2.45, 2.75) is 170 Å². The monoisotopic (exact) mass is 1230 g/mol. The van der Waals surface area contributed by atoms with Crippen molar-refractivity contribution in [2.75, 3.05) is 33.4 Å². The average Bonchev–Trinajstić information content (AvgIpc) is 2.34. The maximum Gasteiger partial charge on any atom is 0.410 e. The van der Waals surface area contributed by atoms with Gasteiger partial charge in [-0.2, -0.15) is 16.8 Å². The van der Waals surface area contributed by atoms with E-state index in [1.807, 2.05) is 60.7 Å².